The maximum atomic E-state index is 11.9. The Hall–Kier alpha value is -1.45. The first-order valence-electron chi connectivity index (χ1n) is 4.45. The zero-order chi connectivity index (χ0) is 11.5. The van der Waals surface area contributed by atoms with E-state index in [1.807, 2.05) is 0 Å². The highest BCUT2D eigenvalue weighted by Gasteiger charge is 2.10. The Labute approximate surface area is 102 Å². The third kappa shape index (κ3) is 2.21. The second-order valence-corrected chi connectivity index (χ2v) is 3.90. The molecule has 3 nitrogen and oxygen atoms in total. The average Bonchev–Trinajstić information content (AvgIpc) is 2.33. The van der Waals surface area contributed by atoms with E-state index in [9.17, 15) is 4.79 Å². The summed E-state index contributed by atoms with van der Waals surface area (Å²) in [6.45, 7) is 0. The van der Waals surface area contributed by atoms with E-state index in [2.05, 4.69) is 10.2 Å². The van der Waals surface area contributed by atoms with Crippen molar-refractivity contribution in [2.24, 2.45) is 0 Å². The number of ketones is 1. The zero-order valence-electron chi connectivity index (χ0n) is 8.02. The molecule has 0 saturated heterocycles. The van der Waals surface area contributed by atoms with E-state index in [0.29, 0.717) is 21.2 Å². The second kappa shape index (κ2) is 4.60. The van der Waals surface area contributed by atoms with Gasteiger partial charge in [0.1, 0.15) is 0 Å². The molecule has 0 aliphatic carbocycles. The molecule has 1 aromatic heterocycles. The number of carbonyl (C=O) groups is 1. The molecule has 16 heavy (non-hydrogen) atoms. The van der Waals surface area contributed by atoms with Crippen LogP contribution < -0.4 is 0 Å². The van der Waals surface area contributed by atoms with Gasteiger partial charge in [0.05, 0.1) is 22.4 Å². The Kier molecular flexibility index (Phi) is 3.17. The van der Waals surface area contributed by atoms with Crippen LogP contribution >= 0.6 is 23.2 Å². The van der Waals surface area contributed by atoms with Crippen LogP contribution in [0.15, 0.2) is 36.7 Å². The van der Waals surface area contributed by atoms with Gasteiger partial charge in [0.15, 0.2) is 5.78 Å². The standard InChI is InChI=1S/C11H6Cl2N2O/c12-9-2-1-7(5-10(9)13)11(16)8-3-4-14-15-6-8/h1-6H. The molecule has 0 aliphatic heterocycles. The smallest absolute Gasteiger partial charge is 0.194 e. The van der Waals surface area contributed by atoms with Crippen molar-refractivity contribution >= 4 is 29.0 Å². The van der Waals surface area contributed by atoms with Gasteiger partial charge < -0.3 is 0 Å². The summed E-state index contributed by atoms with van der Waals surface area (Å²) in [5, 5.41) is 8.02. The SMILES string of the molecule is O=C(c1ccnnc1)c1ccc(Cl)c(Cl)c1. The number of benzene rings is 1. The summed E-state index contributed by atoms with van der Waals surface area (Å²) >= 11 is 11.6. The predicted octanol–water partition coefficient (Wildman–Crippen LogP) is 3.01. The molecule has 1 aromatic carbocycles. The maximum absolute atomic E-state index is 11.9. The molecular weight excluding hydrogens is 247 g/mol. The first-order valence-corrected chi connectivity index (χ1v) is 5.20. The number of aromatic nitrogens is 2. The van der Waals surface area contributed by atoms with Crippen LogP contribution in [0.25, 0.3) is 0 Å². The highest BCUT2D eigenvalue weighted by atomic mass is 35.5. The molecule has 0 unspecified atom stereocenters. The lowest BCUT2D eigenvalue weighted by Crippen LogP contribution is -2.02. The van der Waals surface area contributed by atoms with Gasteiger partial charge in [-0.15, -0.1) is 0 Å². The average molecular weight is 253 g/mol. The van der Waals surface area contributed by atoms with Gasteiger partial charge in [-0.05, 0) is 24.3 Å². The minimum absolute atomic E-state index is 0.159. The highest BCUT2D eigenvalue weighted by Crippen LogP contribution is 2.23. The Morgan fingerprint density at radius 1 is 1.00 bits per heavy atom. The number of rotatable bonds is 2. The van der Waals surface area contributed by atoms with Gasteiger partial charge >= 0.3 is 0 Å². The monoisotopic (exact) mass is 252 g/mol. The van der Waals surface area contributed by atoms with Gasteiger partial charge in [-0.1, -0.05) is 23.2 Å². The molecule has 1 heterocycles. The molecule has 2 aromatic rings. The van der Waals surface area contributed by atoms with Crippen LogP contribution in [0.4, 0.5) is 0 Å². The number of hydrogen-bond acceptors (Lipinski definition) is 3. The fourth-order valence-electron chi connectivity index (χ4n) is 1.23. The summed E-state index contributed by atoms with van der Waals surface area (Å²) in [6.07, 6.45) is 2.87. The fraction of sp³-hybridized carbons (Fsp3) is 0. The van der Waals surface area contributed by atoms with Crippen molar-refractivity contribution in [1.82, 2.24) is 10.2 Å². The quantitative estimate of drug-likeness (QED) is 0.772. The normalized spacial score (nSPS) is 10.1. The summed E-state index contributed by atoms with van der Waals surface area (Å²) in [4.78, 5) is 11.9. The molecule has 0 atom stereocenters. The van der Waals surface area contributed by atoms with Crippen molar-refractivity contribution < 1.29 is 4.79 Å². The maximum Gasteiger partial charge on any atom is 0.194 e. The van der Waals surface area contributed by atoms with E-state index in [1.165, 1.54) is 18.5 Å². The van der Waals surface area contributed by atoms with Crippen molar-refractivity contribution in [2.75, 3.05) is 0 Å². The number of carbonyl (C=O) groups excluding carboxylic acids is 1. The summed E-state index contributed by atoms with van der Waals surface area (Å²) in [5.41, 5.74) is 0.941. The molecule has 5 heteroatoms. The second-order valence-electron chi connectivity index (χ2n) is 3.09. The van der Waals surface area contributed by atoms with Gasteiger partial charge in [0.2, 0.25) is 0 Å². The lowest BCUT2D eigenvalue weighted by molar-refractivity contribution is 0.103. The van der Waals surface area contributed by atoms with Crippen LogP contribution in [0.3, 0.4) is 0 Å². The molecule has 0 aliphatic rings. The molecule has 0 saturated carbocycles. The molecule has 0 radical (unpaired) electrons. The van der Waals surface area contributed by atoms with E-state index >= 15 is 0 Å². The Morgan fingerprint density at radius 3 is 2.44 bits per heavy atom. The lowest BCUT2D eigenvalue weighted by atomic mass is 10.1. The first kappa shape index (κ1) is 11.0. The van der Waals surface area contributed by atoms with Crippen LogP contribution in [0, 0.1) is 0 Å². The van der Waals surface area contributed by atoms with E-state index in [-0.39, 0.29) is 5.78 Å². The largest absolute Gasteiger partial charge is 0.289 e. The van der Waals surface area contributed by atoms with Gasteiger partial charge in [-0.25, -0.2) is 0 Å². The molecular formula is C11H6Cl2N2O. The van der Waals surface area contributed by atoms with Crippen LogP contribution in [-0.2, 0) is 0 Å². The Balaban J connectivity index is 2.39. The van der Waals surface area contributed by atoms with Crippen LogP contribution in [0.5, 0.6) is 0 Å². The van der Waals surface area contributed by atoms with E-state index in [0.717, 1.165) is 0 Å². The number of nitrogens with zero attached hydrogens (tertiary/aromatic N) is 2. The van der Waals surface area contributed by atoms with E-state index < -0.39 is 0 Å². The first-order chi connectivity index (χ1) is 7.68. The molecule has 2 rings (SSSR count). The van der Waals surface area contributed by atoms with E-state index in [4.69, 9.17) is 23.2 Å². The predicted molar refractivity (Wildman–Crippen MR) is 61.9 cm³/mol. The molecule has 0 fully saturated rings. The van der Waals surface area contributed by atoms with Gasteiger partial charge in [-0.2, -0.15) is 10.2 Å². The third-order valence-electron chi connectivity index (χ3n) is 2.03. The minimum atomic E-state index is -0.159. The molecule has 0 amide bonds. The van der Waals surface area contributed by atoms with Crippen molar-refractivity contribution in [1.29, 1.82) is 0 Å². The Morgan fingerprint density at radius 2 is 1.81 bits per heavy atom. The minimum Gasteiger partial charge on any atom is -0.289 e. The molecule has 0 bridgehead atoms. The molecule has 0 N–H and O–H groups in total. The fourth-order valence-corrected chi connectivity index (χ4v) is 1.53. The summed E-state index contributed by atoms with van der Waals surface area (Å²) < 4.78 is 0. The molecule has 80 valence electrons. The van der Waals surface area contributed by atoms with Crippen molar-refractivity contribution in [2.45, 2.75) is 0 Å². The van der Waals surface area contributed by atoms with Crippen molar-refractivity contribution in [3.8, 4) is 0 Å². The van der Waals surface area contributed by atoms with Crippen LogP contribution in [-0.4, -0.2) is 16.0 Å². The summed E-state index contributed by atoms with van der Waals surface area (Å²) in [6, 6.07) is 6.34. The molecule has 0 spiro atoms. The summed E-state index contributed by atoms with van der Waals surface area (Å²) in [7, 11) is 0. The topological polar surface area (TPSA) is 42.9 Å². The van der Waals surface area contributed by atoms with Gasteiger partial charge in [0, 0.05) is 11.1 Å². The zero-order valence-corrected chi connectivity index (χ0v) is 9.53. The number of halogens is 2. The van der Waals surface area contributed by atoms with Gasteiger partial charge in [-0.3, -0.25) is 4.79 Å². The third-order valence-corrected chi connectivity index (χ3v) is 2.77. The van der Waals surface area contributed by atoms with Crippen LogP contribution in [0.1, 0.15) is 15.9 Å². The van der Waals surface area contributed by atoms with Crippen molar-refractivity contribution in [3.63, 3.8) is 0 Å². The van der Waals surface area contributed by atoms with Gasteiger partial charge in [0.25, 0.3) is 0 Å². The summed E-state index contributed by atoms with van der Waals surface area (Å²) in [5.74, 6) is -0.159. The van der Waals surface area contributed by atoms with E-state index in [1.54, 1.807) is 18.2 Å². The van der Waals surface area contributed by atoms with Crippen molar-refractivity contribution in [3.05, 3.63) is 57.8 Å². The number of hydrogen-bond donors (Lipinski definition) is 0. The highest BCUT2D eigenvalue weighted by molar-refractivity contribution is 6.42. The van der Waals surface area contributed by atoms with Crippen LogP contribution in [0.2, 0.25) is 10.0 Å². The lowest BCUT2D eigenvalue weighted by Gasteiger charge is -2.01. The Bertz CT molecular complexity index is 529.